The van der Waals surface area contributed by atoms with Gasteiger partial charge in [-0.25, -0.2) is 13.2 Å². The molecule has 0 bridgehead atoms. The second kappa shape index (κ2) is 14.4. The number of amides is 4. The van der Waals surface area contributed by atoms with Crippen LogP contribution in [-0.2, 0) is 29.1 Å². The SMILES string of the molecule is C=CCCC(C)C[C@@H](CC)[C@H](NC(=O)OC(C)(C)C)C(=O)N1C[C@H](O)C[C@H]1C(=O)N[C@]1(C(=O)NS(=O)(=O)C2(CO)CC2)C[C@H]1C=C. The number of aliphatic hydroxyl groups excluding tert-OH is 2. The van der Waals surface area contributed by atoms with E-state index in [1.807, 2.05) is 17.7 Å². The number of ether oxygens (including phenoxy) is 1. The average Bonchev–Trinajstić information content (AvgIpc) is 3.88. The summed E-state index contributed by atoms with van der Waals surface area (Å²) in [4.78, 5) is 55.5. The van der Waals surface area contributed by atoms with Crippen LogP contribution in [0.1, 0.15) is 86.0 Å². The van der Waals surface area contributed by atoms with Crippen LogP contribution < -0.4 is 15.4 Å². The van der Waals surface area contributed by atoms with Crippen molar-refractivity contribution in [2.75, 3.05) is 13.2 Å². The van der Waals surface area contributed by atoms with Crippen molar-refractivity contribution in [2.45, 2.75) is 120 Å². The summed E-state index contributed by atoms with van der Waals surface area (Å²) in [5.41, 5.74) is -2.45. The van der Waals surface area contributed by atoms with Crippen LogP contribution in [-0.4, -0.2) is 94.6 Å². The molecule has 0 aromatic carbocycles. The molecule has 260 valence electrons. The van der Waals surface area contributed by atoms with Crippen molar-refractivity contribution in [1.82, 2.24) is 20.3 Å². The smallest absolute Gasteiger partial charge is 0.408 e. The van der Waals surface area contributed by atoms with Gasteiger partial charge in [0, 0.05) is 18.9 Å². The molecule has 1 unspecified atom stereocenters. The molecule has 0 aromatic rings. The van der Waals surface area contributed by atoms with Crippen LogP contribution in [0.15, 0.2) is 25.3 Å². The molecule has 0 aromatic heterocycles. The van der Waals surface area contributed by atoms with Crippen LogP contribution in [0.25, 0.3) is 0 Å². The van der Waals surface area contributed by atoms with E-state index in [0.717, 1.165) is 12.8 Å². The molecule has 0 spiro atoms. The van der Waals surface area contributed by atoms with Gasteiger partial charge in [0.05, 0.1) is 12.7 Å². The molecule has 3 rings (SSSR count). The van der Waals surface area contributed by atoms with Gasteiger partial charge in [-0.1, -0.05) is 32.4 Å². The fourth-order valence-electron chi connectivity index (χ4n) is 6.19. The van der Waals surface area contributed by atoms with Crippen LogP contribution in [0.3, 0.4) is 0 Å². The maximum absolute atomic E-state index is 14.2. The van der Waals surface area contributed by atoms with E-state index in [4.69, 9.17) is 4.74 Å². The van der Waals surface area contributed by atoms with Gasteiger partial charge in [-0.05, 0) is 71.1 Å². The fraction of sp³-hybridized carbons (Fsp3) is 0.750. The van der Waals surface area contributed by atoms with E-state index in [-0.39, 0.29) is 44.1 Å². The maximum Gasteiger partial charge on any atom is 0.408 e. The lowest BCUT2D eigenvalue weighted by atomic mass is 9.85. The Kier molecular flexibility index (Phi) is 11.8. The first-order chi connectivity index (χ1) is 21.4. The third-order valence-corrected chi connectivity index (χ3v) is 11.4. The normalized spacial score (nSPS) is 27.0. The first-order valence-electron chi connectivity index (χ1n) is 16.1. The lowest BCUT2D eigenvalue weighted by Crippen LogP contribution is -2.60. The maximum atomic E-state index is 14.2. The Labute approximate surface area is 272 Å². The Morgan fingerprint density at radius 2 is 1.83 bits per heavy atom. The molecule has 7 atom stereocenters. The van der Waals surface area contributed by atoms with Gasteiger partial charge in [0.2, 0.25) is 21.8 Å². The molecular weight excluding hydrogens is 616 g/mol. The molecule has 4 amide bonds. The monoisotopic (exact) mass is 668 g/mol. The number of carbonyl (C=O) groups excluding carboxylic acids is 4. The van der Waals surface area contributed by atoms with E-state index in [1.165, 1.54) is 11.0 Å². The molecule has 14 heteroatoms. The van der Waals surface area contributed by atoms with Gasteiger partial charge in [0.1, 0.15) is 28.0 Å². The van der Waals surface area contributed by atoms with Crippen molar-refractivity contribution >= 4 is 33.8 Å². The number of hydrogen-bond donors (Lipinski definition) is 5. The highest BCUT2D eigenvalue weighted by Crippen LogP contribution is 2.47. The molecular formula is C32H52N4O9S. The minimum atomic E-state index is -4.22. The van der Waals surface area contributed by atoms with E-state index < -0.39 is 80.4 Å². The summed E-state index contributed by atoms with van der Waals surface area (Å²) in [5.74, 6) is -2.96. The second-order valence-electron chi connectivity index (χ2n) is 14.2. The zero-order chi connectivity index (χ0) is 34.7. The summed E-state index contributed by atoms with van der Waals surface area (Å²) >= 11 is 0. The lowest BCUT2D eigenvalue weighted by Gasteiger charge is -2.34. The number of aliphatic hydroxyl groups is 2. The van der Waals surface area contributed by atoms with Crippen LogP contribution in [0, 0.1) is 17.8 Å². The standard InChI is InChI=1S/C32H52N4O9S/c1-8-11-12-20(4)15-21(9-2)25(33-29(42)45-30(5,6)7)27(40)36-18-23(38)16-24(36)26(39)34-32(17-22(32)10-3)28(41)35-46(43,44)31(19-37)13-14-31/h8,10,20-25,37-38H,1,3,9,11-19H2,2,4-7H3,(H,33,42)(H,34,39)(H,35,41)/t20?,21-,22-,23-,24+,25+,32-/m1/s1. The van der Waals surface area contributed by atoms with E-state index in [0.29, 0.717) is 12.8 Å². The quantitative estimate of drug-likeness (QED) is 0.153. The van der Waals surface area contributed by atoms with Gasteiger partial charge in [-0.2, -0.15) is 0 Å². The van der Waals surface area contributed by atoms with Gasteiger partial charge in [0.15, 0.2) is 0 Å². The van der Waals surface area contributed by atoms with Crippen LogP contribution >= 0.6 is 0 Å². The topological polar surface area (TPSA) is 191 Å². The van der Waals surface area contributed by atoms with Gasteiger partial charge in [-0.15, -0.1) is 13.2 Å². The number of carbonyl (C=O) groups is 4. The average molecular weight is 669 g/mol. The molecule has 5 N–H and O–H groups in total. The Hall–Kier alpha value is -2.97. The number of likely N-dealkylation sites (tertiary alicyclic amines) is 1. The lowest BCUT2D eigenvalue weighted by molar-refractivity contribution is -0.142. The zero-order valence-electron chi connectivity index (χ0n) is 27.7. The molecule has 2 aliphatic carbocycles. The van der Waals surface area contributed by atoms with Crippen molar-refractivity contribution in [3.05, 3.63) is 25.3 Å². The summed E-state index contributed by atoms with van der Waals surface area (Å²) < 4.78 is 31.8. The Balaban J connectivity index is 1.85. The zero-order valence-corrected chi connectivity index (χ0v) is 28.5. The number of nitrogens with one attached hydrogen (secondary N) is 3. The van der Waals surface area contributed by atoms with Crippen molar-refractivity contribution in [3.63, 3.8) is 0 Å². The summed E-state index contributed by atoms with van der Waals surface area (Å²) in [6, 6.07) is -2.26. The Morgan fingerprint density at radius 1 is 1.17 bits per heavy atom. The van der Waals surface area contributed by atoms with Gasteiger partial charge in [0.25, 0.3) is 5.91 Å². The molecule has 0 radical (unpaired) electrons. The van der Waals surface area contributed by atoms with Crippen molar-refractivity contribution < 1.29 is 42.5 Å². The van der Waals surface area contributed by atoms with E-state index in [9.17, 15) is 37.8 Å². The minimum absolute atomic E-state index is 0.0856. The number of sulfonamides is 1. The number of β-amino-alcohol motifs (C(OH)–C–C–N with tert-alkyl or cyclic N) is 1. The van der Waals surface area contributed by atoms with Crippen LogP contribution in [0.2, 0.25) is 0 Å². The summed E-state index contributed by atoms with van der Waals surface area (Å²) in [7, 11) is -4.22. The van der Waals surface area contributed by atoms with E-state index in [2.05, 4.69) is 30.7 Å². The number of alkyl carbamates (subject to hydrolysis) is 1. The molecule has 1 saturated heterocycles. The summed E-state index contributed by atoms with van der Waals surface area (Å²) in [6.45, 7) is 15.7. The molecule has 3 aliphatic rings. The van der Waals surface area contributed by atoms with Gasteiger partial charge >= 0.3 is 6.09 Å². The molecule has 46 heavy (non-hydrogen) atoms. The number of nitrogens with zero attached hydrogens (tertiary/aromatic N) is 1. The second-order valence-corrected chi connectivity index (χ2v) is 16.3. The predicted octanol–water partition coefficient (Wildman–Crippen LogP) is 1.89. The number of hydrogen-bond acceptors (Lipinski definition) is 9. The van der Waals surface area contributed by atoms with Gasteiger partial charge < -0.3 is 30.5 Å². The third kappa shape index (κ3) is 8.48. The summed E-state index contributed by atoms with van der Waals surface area (Å²) in [5, 5.41) is 25.6. The van der Waals surface area contributed by atoms with E-state index in [1.54, 1.807) is 20.8 Å². The highest BCUT2D eigenvalue weighted by molar-refractivity contribution is 7.91. The van der Waals surface area contributed by atoms with Crippen LogP contribution in [0.5, 0.6) is 0 Å². The fourth-order valence-corrected chi connectivity index (χ4v) is 7.64. The number of allylic oxidation sites excluding steroid dienone is 1. The first kappa shape index (κ1) is 37.5. The highest BCUT2D eigenvalue weighted by Gasteiger charge is 2.63. The Morgan fingerprint density at radius 3 is 2.33 bits per heavy atom. The van der Waals surface area contributed by atoms with Crippen LogP contribution in [0.4, 0.5) is 4.79 Å². The van der Waals surface area contributed by atoms with E-state index >= 15 is 0 Å². The minimum Gasteiger partial charge on any atom is -0.444 e. The molecule has 13 nitrogen and oxygen atoms in total. The first-order valence-corrected chi connectivity index (χ1v) is 17.6. The molecule has 3 fully saturated rings. The van der Waals surface area contributed by atoms with Crippen molar-refractivity contribution in [1.29, 1.82) is 0 Å². The predicted molar refractivity (Wildman–Crippen MR) is 172 cm³/mol. The van der Waals surface area contributed by atoms with Crippen molar-refractivity contribution in [2.24, 2.45) is 17.8 Å². The number of rotatable bonds is 16. The molecule has 1 heterocycles. The largest absolute Gasteiger partial charge is 0.444 e. The highest BCUT2D eigenvalue weighted by atomic mass is 32.2. The summed E-state index contributed by atoms with van der Waals surface area (Å²) in [6.07, 6.45) is 4.56. The van der Waals surface area contributed by atoms with Crippen molar-refractivity contribution in [3.8, 4) is 0 Å². The Bertz CT molecular complexity index is 1290. The third-order valence-electron chi connectivity index (χ3n) is 9.31. The molecule has 1 aliphatic heterocycles. The molecule has 2 saturated carbocycles. The van der Waals surface area contributed by atoms with Gasteiger partial charge in [-0.3, -0.25) is 19.1 Å².